The summed E-state index contributed by atoms with van der Waals surface area (Å²) >= 11 is 0. The van der Waals surface area contributed by atoms with E-state index >= 15 is 0 Å². The summed E-state index contributed by atoms with van der Waals surface area (Å²) in [5, 5.41) is 0. The van der Waals surface area contributed by atoms with Gasteiger partial charge in [-0.05, 0) is 55.7 Å². The molecule has 0 unspecified atom stereocenters. The maximum Gasteiger partial charge on any atom is 0.209 e. The number of quaternary nitrogens is 1. The van der Waals surface area contributed by atoms with Gasteiger partial charge >= 0.3 is 0 Å². The van der Waals surface area contributed by atoms with Crippen LogP contribution < -0.4 is 14.5 Å². The van der Waals surface area contributed by atoms with Gasteiger partial charge in [-0.25, -0.2) is 0 Å². The van der Waals surface area contributed by atoms with Gasteiger partial charge in [0, 0.05) is 34.5 Å². The van der Waals surface area contributed by atoms with Gasteiger partial charge in [-0.15, -0.1) is 0 Å². The molecule has 0 amide bonds. The molecule has 0 aliphatic carbocycles. The maximum absolute atomic E-state index is 5.47. The lowest BCUT2D eigenvalue weighted by atomic mass is 9.81. The summed E-state index contributed by atoms with van der Waals surface area (Å²) < 4.78 is 7.76. The highest BCUT2D eigenvalue weighted by molar-refractivity contribution is 6.03. The van der Waals surface area contributed by atoms with Crippen LogP contribution in [0.4, 0.5) is 11.4 Å². The topological polar surface area (TPSA) is 19.9 Å². The van der Waals surface area contributed by atoms with E-state index in [0.717, 1.165) is 25.3 Å². The van der Waals surface area contributed by atoms with Crippen molar-refractivity contribution in [2.75, 3.05) is 46.2 Å². The van der Waals surface area contributed by atoms with E-state index in [2.05, 4.69) is 138 Å². The highest BCUT2D eigenvalue weighted by Gasteiger charge is 2.43. The fourth-order valence-electron chi connectivity index (χ4n) is 5.95. The number of hydrogen-bond acceptors (Lipinski definition) is 2. The molecule has 2 aromatic rings. The number of allylic oxidation sites excluding steroid dienone is 8. The Morgan fingerprint density at radius 1 is 0.897 bits per heavy atom. The minimum atomic E-state index is -0.0817. The van der Waals surface area contributed by atoms with Crippen LogP contribution in [0.15, 0.2) is 84.6 Å². The van der Waals surface area contributed by atoms with E-state index < -0.39 is 0 Å². The Bertz CT molecular complexity index is 1370. The third kappa shape index (κ3) is 5.53. The Morgan fingerprint density at radius 2 is 1.62 bits per heavy atom. The van der Waals surface area contributed by atoms with Crippen LogP contribution in [0.1, 0.15) is 51.3 Å². The van der Waals surface area contributed by atoms with Crippen LogP contribution in [-0.2, 0) is 17.3 Å². The average Bonchev–Trinajstić information content (AvgIpc) is 3.24. The van der Waals surface area contributed by atoms with E-state index in [4.69, 9.17) is 4.74 Å². The van der Waals surface area contributed by atoms with Crippen LogP contribution in [0.2, 0.25) is 0 Å². The minimum absolute atomic E-state index is 0.0247. The zero-order valence-corrected chi connectivity index (χ0v) is 25.4. The molecule has 0 bridgehead atoms. The van der Waals surface area contributed by atoms with E-state index in [9.17, 15) is 0 Å². The third-order valence-corrected chi connectivity index (χ3v) is 8.39. The molecule has 0 spiro atoms. The molecule has 206 valence electrons. The number of benzene rings is 2. The highest BCUT2D eigenvalue weighted by atomic mass is 16.5. The van der Waals surface area contributed by atoms with Crippen molar-refractivity contribution in [1.29, 1.82) is 0 Å². The number of aryl methyl sites for hydroxylation is 1. The first-order chi connectivity index (χ1) is 18.5. The van der Waals surface area contributed by atoms with E-state index in [-0.39, 0.29) is 10.8 Å². The number of nitrogens with zero attached hydrogens (tertiary/aromatic N) is 2. The molecule has 0 saturated heterocycles. The molecule has 2 heterocycles. The molecule has 0 atom stereocenters. The van der Waals surface area contributed by atoms with E-state index in [0.29, 0.717) is 0 Å². The Balaban J connectivity index is 1.51. The predicted molar refractivity (Wildman–Crippen MR) is 166 cm³/mol. The summed E-state index contributed by atoms with van der Waals surface area (Å²) in [7, 11) is 8.32. The Labute approximate surface area is 236 Å². The Hall–Kier alpha value is -3.37. The minimum Gasteiger partial charge on any atom is -0.497 e. The third-order valence-electron chi connectivity index (χ3n) is 8.39. The number of anilines is 1. The Morgan fingerprint density at radius 3 is 2.31 bits per heavy atom. The molecular weight excluding hydrogens is 478 g/mol. The van der Waals surface area contributed by atoms with Gasteiger partial charge < -0.3 is 14.5 Å². The molecule has 4 heteroatoms. The zero-order valence-electron chi connectivity index (χ0n) is 25.4. The first-order valence-corrected chi connectivity index (χ1v) is 14.2. The number of ether oxygens (including phenoxy) is 1. The molecule has 0 fully saturated rings. The second-order valence-corrected chi connectivity index (χ2v) is 12.1. The number of nitrogens with one attached hydrogen (secondary N) is 1. The van der Waals surface area contributed by atoms with Gasteiger partial charge in [0.2, 0.25) is 5.69 Å². The number of hydrogen-bond donors (Lipinski definition) is 1. The lowest BCUT2D eigenvalue weighted by Gasteiger charge is -2.27. The SMILES string of the molecule is CCc1ccc2c(c1)C(C)(C)C(=CC=CC=CC=CC1=[N+](C)c3ccc(OC)cc3C1(C)C)N2CC[NH+](C)C. The number of likely N-dealkylation sites (N-methyl/N-ethyl adjacent to an activating group) is 1. The van der Waals surface area contributed by atoms with Crippen LogP contribution in [0.3, 0.4) is 0 Å². The predicted octanol–water partition coefficient (Wildman–Crippen LogP) is 5.76. The summed E-state index contributed by atoms with van der Waals surface area (Å²) in [6, 6.07) is 13.4. The van der Waals surface area contributed by atoms with Gasteiger partial charge in [-0.3, -0.25) is 0 Å². The van der Waals surface area contributed by atoms with Crippen molar-refractivity contribution in [3.63, 3.8) is 0 Å². The highest BCUT2D eigenvalue weighted by Crippen LogP contribution is 2.48. The van der Waals surface area contributed by atoms with E-state index in [1.54, 1.807) is 7.11 Å². The van der Waals surface area contributed by atoms with E-state index in [1.165, 1.54) is 44.4 Å². The standard InChI is InChI=1S/C35H46N3O/c1-10-26-18-20-31-28(24-26)35(4,5)33(38(31)23-22-36(6)7)17-15-13-11-12-14-16-32-34(2,3)29-25-27(39-9)19-21-30(29)37(32)8/h11-21,24-25H,10,22-23H2,1-9H3/q+1/p+1. The molecule has 4 nitrogen and oxygen atoms in total. The lowest BCUT2D eigenvalue weighted by molar-refractivity contribution is -0.856. The largest absolute Gasteiger partial charge is 0.497 e. The molecule has 0 saturated carbocycles. The quantitative estimate of drug-likeness (QED) is 0.332. The van der Waals surface area contributed by atoms with Gasteiger partial charge in [-0.2, -0.15) is 4.58 Å². The molecule has 4 rings (SSSR count). The first-order valence-electron chi connectivity index (χ1n) is 14.2. The van der Waals surface area contributed by atoms with Gasteiger partial charge in [0.25, 0.3) is 0 Å². The summed E-state index contributed by atoms with van der Waals surface area (Å²) in [6.07, 6.45) is 16.3. The monoisotopic (exact) mass is 525 g/mol. The van der Waals surface area contributed by atoms with Gasteiger partial charge in [-0.1, -0.05) is 63.3 Å². The van der Waals surface area contributed by atoms with Gasteiger partial charge in [0.1, 0.15) is 12.8 Å². The molecule has 1 N–H and O–H groups in total. The van der Waals surface area contributed by atoms with Crippen molar-refractivity contribution in [1.82, 2.24) is 0 Å². The van der Waals surface area contributed by atoms with Gasteiger partial charge in [0.15, 0.2) is 5.71 Å². The number of methoxy groups -OCH3 is 1. The molecule has 2 aliphatic rings. The van der Waals surface area contributed by atoms with Crippen molar-refractivity contribution >= 4 is 17.1 Å². The Kier molecular flexibility index (Phi) is 8.37. The molecule has 2 aliphatic heterocycles. The van der Waals surface area contributed by atoms with Crippen LogP contribution in [0.5, 0.6) is 5.75 Å². The molecule has 2 aromatic carbocycles. The van der Waals surface area contributed by atoms with Crippen molar-refractivity contribution in [2.24, 2.45) is 0 Å². The van der Waals surface area contributed by atoms with Crippen LogP contribution in [-0.4, -0.2) is 51.6 Å². The summed E-state index contributed by atoms with van der Waals surface area (Å²) in [5.74, 6) is 0.903. The fourth-order valence-corrected chi connectivity index (χ4v) is 5.95. The van der Waals surface area contributed by atoms with Crippen molar-refractivity contribution in [3.8, 4) is 5.75 Å². The zero-order chi connectivity index (χ0) is 28.4. The summed E-state index contributed by atoms with van der Waals surface area (Å²) in [5.41, 5.74) is 9.27. The van der Waals surface area contributed by atoms with Crippen LogP contribution in [0, 0.1) is 0 Å². The fraction of sp³-hybridized carbons (Fsp3) is 0.400. The van der Waals surface area contributed by atoms with Crippen molar-refractivity contribution < 1.29 is 14.2 Å². The normalized spacial score (nSPS) is 18.9. The second kappa shape index (κ2) is 11.4. The molecule has 39 heavy (non-hydrogen) atoms. The van der Waals surface area contributed by atoms with Crippen LogP contribution >= 0.6 is 0 Å². The summed E-state index contributed by atoms with van der Waals surface area (Å²) in [6.45, 7) is 13.6. The molecule has 0 radical (unpaired) electrons. The lowest BCUT2D eigenvalue weighted by Crippen LogP contribution is -3.06. The maximum atomic E-state index is 5.47. The summed E-state index contributed by atoms with van der Waals surface area (Å²) in [4.78, 5) is 3.99. The van der Waals surface area contributed by atoms with Crippen molar-refractivity contribution in [3.05, 3.63) is 101 Å². The van der Waals surface area contributed by atoms with Crippen LogP contribution in [0.25, 0.3) is 0 Å². The first kappa shape index (κ1) is 28.6. The molecular formula is C35H47N3O+2. The van der Waals surface area contributed by atoms with Crippen molar-refractivity contribution in [2.45, 2.75) is 51.9 Å². The van der Waals surface area contributed by atoms with Gasteiger partial charge in [0.05, 0.1) is 39.7 Å². The number of rotatable bonds is 9. The molecule has 0 aromatic heterocycles. The second-order valence-electron chi connectivity index (χ2n) is 12.1. The van der Waals surface area contributed by atoms with E-state index in [1.807, 2.05) is 6.07 Å². The average molecular weight is 526 g/mol. The smallest absolute Gasteiger partial charge is 0.209 e. The number of fused-ring (bicyclic) bond motifs is 2.